The second kappa shape index (κ2) is 7.75. The van der Waals surface area contributed by atoms with Crippen LogP contribution < -0.4 is 5.32 Å². The Morgan fingerprint density at radius 3 is 2.76 bits per heavy atom. The lowest BCUT2D eigenvalue weighted by molar-refractivity contribution is 0.148. The second-order valence-corrected chi connectivity index (χ2v) is 6.83. The molecule has 1 aromatic heterocycles. The van der Waals surface area contributed by atoms with Crippen LogP contribution in [0.4, 0.5) is 0 Å². The van der Waals surface area contributed by atoms with Gasteiger partial charge in [0.15, 0.2) is 0 Å². The van der Waals surface area contributed by atoms with Crippen LogP contribution in [0.5, 0.6) is 0 Å². The van der Waals surface area contributed by atoms with Gasteiger partial charge in [-0.1, -0.05) is 13.8 Å². The zero-order valence-electron chi connectivity index (χ0n) is 13.5. The van der Waals surface area contributed by atoms with Crippen LogP contribution in [0.3, 0.4) is 0 Å². The van der Waals surface area contributed by atoms with Crippen molar-refractivity contribution in [3.8, 4) is 0 Å². The van der Waals surface area contributed by atoms with Crippen molar-refractivity contribution >= 4 is 15.9 Å². The molecular formula is C16H28BrN3O. The van der Waals surface area contributed by atoms with Crippen LogP contribution in [0.25, 0.3) is 0 Å². The van der Waals surface area contributed by atoms with Crippen molar-refractivity contribution in [3.63, 3.8) is 0 Å². The van der Waals surface area contributed by atoms with Gasteiger partial charge in [-0.15, -0.1) is 0 Å². The third kappa shape index (κ3) is 3.88. The summed E-state index contributed by atoms with van der Waals surface area (Å²) >= 11 is 3.77. The van der Waals surface area contributed by atoms with Gasteiger partial charge in [0.25, 0.3) is 0 Å². The van der Waals surface area contributed by atoms with Crippen LogP contribution in [0.1, 0.15) is 45.0 Å². The molecule has 1 unspecified atom stereocenters. The monoisotopic (exact) mass is 357 g/mol. The highest BCUT2D eigenvalue weighted by Gasteiger charge is 2.36. The third-order valence-corrected chi connectivity index (χ3v) is 5.26. The summed E-state index contributed by atoms with van der Waals surface area (Å²) in [6.45, 7) is 11.3. The Morgan fingerprint density at radius 1 is 1.38 bits per heavy atom. The first-order valence-electron chi connectivity index (χ1n) is 8.18. The Hall–Kier alpha value is -0.390. The van der Waals surface area contributed by atoms with Crippen LogP contribution in [0, 0.1) is 5.41 Å². The summed E-state index contributed by atoms with van der Waals surface area (Å²) in [5, 5.41) is 8.32. The van der Waals surface area contributed by atoms with Gasteiger partial charge in [-0.05, 0) is 55.1 Å². The predicted octanol–water partition coefficient (Wildman–Crippen LogP) is 3.18. The number of halogens is 1. The van der Waals surface area contributed by atoms with E-state index in [1.165, 1.54) is 22.3 Å². The van der Waals surface area contributed by atoms with Gasteiger partial charge < -0.3 is 10.1 Å². The van der Waals surface area contributed by atoms with E-state index in [-0.39, 0.29) is 5.41 Å². The van der Waals surface area contributed by atoms with Gasteiger partial charge in [-0.3, -0.25) is 4.68 Å². The second-order valence-electron chi connectivity index (χ2n) is 6.03. The van der Waals surface area contributed by atoms with Crippen molar-refractivity contribution in [1.29, 1.82) is 0 Å². The summed E-state index contributed by atoms with van der Waals surface area (Å²) in [6, 6.07) is 0. The van der Waals surface area contributed by atoms with E-state index in [1.54, 1.807) is 0 Å². The molecule has 4 nitrogen and oxygen atoms in total. The quantitative estimate of drug-likeness (QED) is 0.726. The van der Waals surface area contributed by atoms with Gasteiger partial charge >= 0.3 is 0 Å². The molecule has 0 aromatic carbocycles. The SMILES string of the molecule is CCCNCC1(Cc2c(Br)c(CC)nn2CC)CCOC1. The van der Waals surface area contributed by atoms with Gasteiger partial charge in [0.05, 0.1) is 22.5 Å². The van der Waals surface area contributed by atoms with E-state index < -0.39 is 0 Å². The van der Waals surface area contributed by atoms with Crippen molar-refractivity contribution in [1.82, 2.24) is 15.1 Å². The minimum atomic E-state index is 0.218. The van der Waals surface area contributed by atoms with Crippen molar-refractivity contribution in [2.24, 2.45) is 5.41 Å². The molecule has 0 spiro atoms. The molecule has 1 saturated heterocycles. The minimum Gasteiger partial charge on any atom is -0.381 e. The fraction of sp³-hybridized carbons (Fsp3) is 0.812. The molecule has 5 heteroatoms. The number of hydrogen-bond donors (Lipinski definition) is 1. The van der Waals surface area contributed by atoms with Crippen molar-refractivity contribution < 1.29 is 4.74 Å². The van der Waals surface area contributed by atoms with Gasteiger partial charge in [0, 0.05) is 25.1 Å². The first-order chi connectivity index (χ1) is 10.2. The van der Waals surface area contributed by atoms with E-state index >= 15 is 0 Å². The smallest absolute Gasteiger partial charge is 0.0766 e. The average molecular weight is 358 g/mol. The van der Waals surface area contributed by atoms with E-state index in [9.17, 15) is 0 Å². The summed E-state index contributed by atoms with van der Waals surface area (Å²) in [5.74, 6) is 0. The number of aryl methyl sites for hydroxylation is 2. The van der Waals surface area contributed by atoms with Crippen molar-refractivity contribution in [3.05, 3.63) is 15.9 Å². The fourth-order valence-corrected chi connectivity index (χ4v) is 3.77. The lowest BCUT2D eigenvalue weighted by Crippen LogP contribution is -2.37. The molecule has 0 amide bonds. The van der Waals surface area contributed by atoms with Crippen molar-refractivity contribution in [2.45, 2.75) is 53.0 Å². The molecule has 1 fully saturated rings. The standard InChI is InChI=1S/C16H28BrN3O/c1-4-8-18-11-16(7-9-21-12-16)10-14-15(17)13(5-2)19-20(14)6-3/h18H,4-12H2,1-3H3. The number of rotatable bonds is 8. The molecule has 2 heterocycles. The Labute approximate surface area is 136 Å². The van der Waals surface area contributed by atoms with E-state index in [1.807, 2.05) is 0 Å². The van der Waals surface area contributed by atoms with Gasteiger partial charge in [0.1, 0.15) is 0 Å². The number of ether oxygens (including phenoxy) is 1. The summed E-state index contributed by atoms with van der Waals surface area (Å²) in [7, 11) is 0. The fourth-order valence-electron chi connectivity index (χ4n) is 3.06. The van der Waals surface area contributed by atoms with Crippen molar-refractivity contribution in [2.75, 3.05) is 26.3 Å². The highest BCUT2D eigenvalue weighted by atomic mass is 79.9. The van der Waals surface area contributed by atoms with Gasteiger partial charge in [-0.2, -0.15) is 5.10 Å². The number of nitrogens with one attached hydrogen (secondary N) is 1. The molecule has 0 saturated carbocycles. The largest absolute Gasteiger partial charge is 0.381 e. The van der Waals surface area contributed by atoms with E-state index in [2.05, 4.69) is 46.7 Å². The summed E-state index contributed by atoms with van der Waals surface area (Å²) in [4.78, 5) is 0. The molecular weight excluding hydrogens is 330 g/mol. The zero-order chi connectivity index (χ0) is 15.3. The molecule has 1 atom stereocenters. The van der Waals surface area contributed by atoms with Crippen LogP contribution in [0.2, 0.25) is 0 Å². The number of nitrogens with zero attached hydrogens (tertiary/aromatic N) is 2. The summed E-state index contributed by atoms with van der Waals surface area (Å²) < 4.78 is 9.08. The Bertz CT molecular complexity index is 453. The molecule has 21 heavy (non-hydrogen) atoms. The lowest BCUT2D eigenvalue weighted by atomic mass is 9.82. The lowest BCUT2D eigenvalue weighted by Gasteiger charge is -2.28. The summed E-state index contributed by atoms with van der Waals surface area (Å²) in [5.41, 5.74) is 2.72. The Morgan fingerprint density at radius 2 is 2.19 bits per heavy atom. The molecule has 0 bridgehead atoms. The van der Waals surface area contributed by atoms with Crippen LogP contribution in [-0.2, 0) is 24.1 Å². The molecule has 1 N–H and O–H groups in total. The predicted molar refractivity (Wildman–Crippen MR) is 89.7 cm³/mol. The highest BCUT2D eigenvalue weighted by molar-refractivity contribution is 9.10. The Balaban J connectivity index is 2.18. The summed E-state index contributed by atoms with van der Waals surface area (Å²) in [6.07, 6.45) is 4.31. The van der Waals surface area contributed by atoms with E-state index in [0.717, 1.165) is 52.1 Å². The first kappa shape index (κ1) is 17.0. The molecule has 1 aliphatic rings. The molecule has 0 aliphatic carbocycles. The van der Waals surface area contributed by atoms with Gasteiger partial charge in [0.2, 0.25) is 0 Å². The molecule has 2 rings (SSSR count). The molecule has 120 valence electrons. The van der Waals surface area contributed by atoms with Crippen LogP contribution in [0.15, 0.2) is 4.47 Å². The molecule has 1 aliphatic heterocycles. The number of aromatic nitrogens is 2. The number of hydrogen-bond acceptors (Lipinski definition) is 3. The maximum absolute atomic E-state index is 5.72. The normalized spacial score (nSPS) is 22.1. The van der Waals surface area contributed by atoms with Gasteiger partial charge in [-0.25, -0.2) is 0 Å². The maximum Gasteiger partial charge on any atom is 0.0766 e. The highest BCUT2D eigenvalue weighted by Crippen LogP contribution is 2.35. The first-order valence-corrected chi connectivity index (χ1v) is 8.97. The average Bonchev–Trinajstić information content (AvgIpc) is 3.06. The van der Waals surface area contributed by atoms with E-state index in [0.29, 0.717) is 0 Å². The molecule has 1 aromatic rings. The topological polar surface area (TPSA) is 39.1 Å². The molecule has 0 radical (unpaired) electrons. The zero-order valence-corrected chi connectivity index (χ0v) is 15.1. The third-order valence-electron chi connectivity index (χ3n) is 4.35. The van der Waals surface area contributed by atoms with E-state index in [4.69, 9.17) is 9.84 Å². The Kier molecular flexibility index (Phi) is 6.26. The van der Waals surface area contributed by atoms with Crippen LogP contribution in [-0.4, -0.2) is 36.1 Å². The minimum absolute atomic E-state index is 0.218. The maximum atomic E-state index is 5.72. The van der Waals surface area contributed by atoms with Crippen LogP contribution >= 0.6 is 15.9 Å².